The number of amides is 1. The summed E-state index contributed by atoms with van der Waals surface area (Å²) in [6.07, 6.45) is 0.686. The number of ether oxygens (including phenoxy) is 1. The summed E-state index contributed by atoms with van der Waals surface area (Å²) < 4.78 is 6.94. The molecule has 0 radical (unpaired) electrons. The van der Waals surface area contributed by atoms with E-state index in [1.54, 1.807) is 24.3 Å². The molecule has 0 aliphatic carbocycles. The molecule has 6 heteroatoms. The van der Waals surface area contributed by atoms with Crippen LogP contribution >= 0.6 is 31.9 Å². The van der Waals surface area contributed by atoms with E-state index in [4.69, 9.17) is 4.74 Å². The molecule has 0 aromatic heterocycles. The molecule has 1 amide bonds. The molecule has 108 valence electrons. The molecular weight excluding hydrogens is 402 g/mol. The van der Waals surface area contributed by atoms with Crippen LogP contribution in [0.1, 0.15) is 10.4 Å². The van der Waals surface area contributed by atoms with Crippen molar-refractivity contribution in [2.24, 2.45) is 0 Å². The number of para-hydroxylation sites is 1. The summed E-state index contributed by atoms with van der Waals surface area (Å²) in [6, 6.07) is 12.3. The number of carbonyl (C=O) groups excluding carboxylic acids is 2. The molecule has 21 heavy (non-hydrogen) atoms. The molecule has 4 nitrogen and oxygen atoms in total. The average molecular weight is 413 g/mol. The van der Waals surface area contributed by atoms with Gasteiger partial charge in [0.2, 0.25) is 0 Å². The molecule has 0 atom stereocenters. The van der Waals surface area contributed by atoms with Crippen LogP contribution in [0.3, 0.4) is 0 Å². The van der Waals surface area contributed by atoms with Gasteiger partial charge in [-0.3, -0.25) is 9.59 Å². The van der Waals surface area contributed by atoms with E-state index in [-0.39, 0.29) is 12.5 Å². The van der Waals surface area contributed by atoms with Crippen molar-refractivity contribution >= 4 is 49.7 Å². The van der Waals surface area contributed by atoms with Crippen LogP contribution in [0.4, 0.5) is 5.69 Å². The third kappa shape index (κ3) is 4.41. The Balaban J connectivity index is 1.99. The van der Waals surface area contributed by atoms with Gasteiger partial charge in [0.25, 0.3) is 5.91 Å². The monoisotopic (exact) mass is 411 g/mol. The highest BCUT2D eigenvalue weighted by Crippen LogP contribution is 2.23. The van der Waals surface area contributed by atoms with Gasteiger partial charge >= 0.3 is 0 Å². The van der Waals surface area contributed by atoms with Crippen LogP contribution < -0.4 is 10.1 Å². The fourth-order valence-electron chi connectivity index (χ4n) is 1.64. The first kappa shape index (κ1) is 15.7. The molecule has 0 saturated heterocycles. The van der Waals surface area contributed by atoms with Gasteiger partial charge in [-0.1, -0.05) is 28.1 Å². The molecule has 0 fully saturated rings. The molecule has 1 N–H and O–H groups in total. The van der Waals surface area contributed by atoms with Crippen LogP contribution in [0.25, 0.3) is 0 Å². The third-order valence-corrected chi connectivity index (χ3v) is 3.79. The second-order valence-corrected chi connectivity index (χ2v) is 5.89. The molecule has 0 heterocycles. The summed E-state index contributed by atoms with van der Waals surface area (Å²) in [7, 11) is 0. The van der Waals surface area contributed by atoms with E-state index in [9.17, 15) is 9.59 Å². The summed E-state index contributed by atoms with van der Waals surface area (Å²) >= 11 is 6.61. The minimum atomic E-state index is -0.304. The van der Waals surface area contributed by atoms with Gasteiger partial charge in [-0.2, -0.15) is 0 Å². The summed E-state index contributed by atoms with van der Waals surface area (Å²) in [5.41, 5.74) is 1.05. The maximum absolute atomic E-state index is 11.9. The average Bonchev–Trinajstić information content (AvgIpc) is 2.48. The number of anilines is 1. The maximum atomic E-state index is 11.9. The second kappa shape index (κ2) is 7.38. The maximum Gasteiger partial charge on any atom is 0.262 e. The van der Waals surface area contributed by atoms with Crippen molar-refractivity contribution in [3.05, 3.63) is 57.0 Å². The molecule has 0 saturated carbocycles. The van der Waals surface area contributed by atoms with Crippen LogP contribution in [-0.4, -0.2) is 18.8 Å². The zero-order valence-electron chi connectivity index (χ0n) is 10.8. The van der Waals surface area contributed by atoms with E-state index < -0.39 is 0 Å². The van der Waals surface area contributed by atoms with Crippen LogP contribution in [0.5, 0.6) is 5.75 Å². The summed E-state index contributed by atoms with van der Waals surface area (Å²) in [5.74, 6) is 0.0668. The van der Waals surface area contributed by atoms with Crippen molar-refractivity contribution in [3.8, 4) is 5.75 Å². The minimum Gasteiger partial charge on any atom is -0.483 e. The second-order valence-electron chi connectivity index (χ2n) is 4.12. The Morgan fingerprint density at radius 3 is 2.67 bits per heavy atom. The number of benzene rings is 2. The molecule has 0 aliphatic heterocycles. The predicted molar refractivity (Wildman–Crippen MR) is 87.8 cm³/mol. The molecule has 0 aliphatic rings. The first-order valence-corrected chi connectivity index (χ1v) is 7.60. The van der Waals surface area contributed by atoms with Gasteiger partial charge in [-0.15, -0.1) is 0 Å². The Labute approximate surface area is 138 Å². The number of nitrogens with one attached hydrogen (secondary N) is 1. The highest BCUT2D eigenvalue weighted by Gasteiger charge is 2.08. The number of hydrogen-bond donors (Lipinski definition) is 1. The normalized spacial score (nSPS) is 10.0. The van der Waals surface area contributed by atoms with Crippen LogP contribution in [0.15, 0.2) is 51.4 Å². The zero-order chi connectivity index (χ0) is 15.2. The number of rotatable bonds is 5. The highest BCUT2D eigenvalue weighted by atomic mass is 79.9. The first-order chi connectivity index (χ1) is 10.1. The van der Waals surface area contributed by atoms with E-state index in [1.807, 2.05) is 18.2 Å². The zero-order valence-corrected chi connectivity index (χ0v) is 14.0. The lowest BCUT2D eigenvalue weighted by atomic mass is 10.2. The molecule has 0 spiro atoms. The topological polar surface area (TPSA) is 55.4 Å². The van der Waals surface area contributed by atoms with E-state index in [2.05, 4.69) is 37.2 Å². The molecule has 2 aromatic carbocycles. The van der Waals surface area contributed by atoms with Gasteiger partial charge in [0.1, 0.15) is 5.75 Å². The Bertz CT molecular complexity index is 674. The lowest BCUT2D eigenvalue weighted by Crippen LogP contribution is -2.20. The quantitative estimate of drug-likeness (QED) is 0.754. The lowest BCUT2D eigenvalue weighted by molar-refractivity contribution is -0.118. The fourth-order valence-corrected chi connectivity index (χ4v) is 2.40. The van der Waals surface area contributed by atoms with Crippen LogP contribution in [0.2, 0.25) is 0 Å². The van der Waals surface area contributed by atoms with Gasteiger partial charge in [0.15, 0.2) is 12.9 Å². The Morgan fingerprint density at radius 1 is 1.19 bits per heavy atom. The Morgan fingerprint density at radius 2 is 1.95 bits per heavy atom. The van der Waals surface area contributed by atoms with Crippen molar-refractivity contribution in [3.63, 3.8) is 0 Å². The largest absolute Gasteiger partial charge is 0.483 e. The predicted octanol–water partition coefficient (Wildman–Crippen LogP) is 4.04. The highest BCUT2D eigenvalue weighted by molar-refractivity contribution is 9.10. The smallest absolute Gasteiger partial charge is 0.262 e. The van der Waals surface area contributed by atoms with Crippen LogP contribution in [0, 0.1) is 0 Å². The molecule has 2 rings (SSSR count). The van der Waals surface area contributed by atoms with Gasteiger partial charge < -0.3 is 10.1 Å². The third-order valence-electron chi connectivity index (χ3n) is 2.61. The van der Waals surface area contributed by atoms with Crippen molar-refractivity contribution in [2.75, 3.05) is 11.9 Å². The fraction of sp³-hybridized carbons (Fsp3) is 0.0667. The number of halogens is 2. The van der Waals surface area contributed by atoms with E-state index in [1.165, 1.54) is 0 Å². The molecule has 2 aromatic rings. The van der Waals surface area contributed by atoms with Gasteiger partial charge in [0.05, 0.1) is 11.3 Å². The van der Waals surface area contributed by atoms with Gasteiger partial charge in [-0.05, 0) is 46.3 Å². The van der Waals surface area contributed by atoms with Crippen LogP contribution in [-0.2, 0) is 4.79 Å². The van der Waals surface area contributed by atoms with Gasteiger partial charge in [0, 0.05) is 8.95 Å². The van der Waals surface area contributed by atoms with Crippen molar-refractivity contribution in [2.45, 2.75) is 0 Å². The van der Waals surface area contributed by atoms with E-state index in [0.717, 1.165) is 8.95 Å². The number of carbonyl (C=O) groups is 2. The molecular formula is C15H11Br2NO3. The first-order valence-electron chi connectivity index (χ1n) is 6.02. The van der Waals surface area contributed by atoms with Crippen molar-refractivity contribution in [1.29, 1.82) is 0 Å². The Hall–Kier alpha value is -1.66. The summed E-state index contributed by atoms with van der Waals surface area (Å²) in [4.78, 5) is 22.8. The van der Waals surface area contributed by atoms with Crippen molar-refractivity contribution in [1.82, 2.24) is 0 Å². The molecule has 0 unspecified atom stereocenters. The molecule has 0 bridgehead atoms. The summed E-state index contributed by atoms with van der Waals surface area (Å²) in [6.45, 7) is -0.177. The number of aldehydes is 1. The summed E-state index contributed by atoms with van der Waals surface area (Å²) in [5, 5.41) is 2.72. The van der Waals surface area contributed by atoms with Gasteiger partial charge in [-0.25, -0.2) is 0 Å². The standard InChI is InChI=1S/C15H11Br2NO3/c16-11-5-6-14(10(7-11)8-19)21-9-15(20)18-13-4-2-1-3-12(13)17/h1-8H,9H2,(H,18,20). The van der Waals surface area contributed by atoms with E-state index >= 15 is 0 Å². The number of hydrogen-bond acceptors (Lipinski definition) is 3. The Kier molecular flexibility index (Phi) is 5.52. The van der Waals surface area contributed by atoms with E-state index in [0.29, 0.717) is 23.3 Å². The SMILES string of the molecule is O=Cc1cc(Br)ccc1OCC(=O)Nc1ccccc1Br. The lowest BCUT2D eigenvalue weighted by Gasteiger charge is -2.10. The van der Waals surface area contributed by atoms with Crippen molar-refractivity contribution < 1.29 is 14.3 Å². The minimum absolute atomic E-state index is 0.177.